The number of carbonyl (C=O) groups excluding carboxylic acids is 10. The average Bonchev–Trinajstić information content (AvgIpc) is 0.918. The number of nitrogens with one attached hydrogen (secondary N) is 8. The zero-order valence-corrected chi connectivity index (χ0v) is 58.8. The number of likely N-dealkylation sites (tertiary alicyclic amines) is 2. The lowest BCUT2D eigenvalue weighted by atomic mass is 9.49. The molecule has 4 bridgehead atoms. The lowest BCUT2D eigenvalue weighted by molar-refractivity contribution is -0.148. The summed E-state index contributed by atoms with van der Waals surface area (Å²) >= 11 is 0. The van der Waals surface area contributed by atoms with Gasteiger partial charge in [-0.2, -0.15) is 0 Å². The summed E-state index contributed by atoms with van der Waals surface area (Å²) in [7, 11) is 0. The molecule has 3 aromatic rings. The Bertz CT molecular complexity index is 3520. The number of carboxylic acid groups (broad SMARTS) is 1. The van der Waals surface area contributed by atoms with Crippen LogP contribution in [0.3, 0.4) is 0 Å². The largest absolute Gasteiger partial charge is 0.480 e. The number of guanidine groups is 3. The predicted octanol–water partition coefficient (Wildman–Crippen LogP) is -1.95. The van der Waals surface area contributed by atoms with Crippen molar-refractivity contribution in [2.24, 2.45) is 72.5 Å². The Hall–Kier alpha value is -10.4. The Balaban J connectivity index is 0.906. The van der Waals surface area contributed by atoms with Gasteiger partial charge in [-0.3, -0.25) is 62.9 Å². The monoisotopic (exact) mass is 1440 g/mol. The van der Waals surface area contributed by atoms with Crippen molar-refractivity contribution in [3.63, 3.8) is 0 Å². The Morgan fingerprint density at radius 3 is 1.29 bits per heavy atom. The van der Waals surface area contributed by atoms with Gasteiger partial charge in [0, 0.05) is 58.4 Å². The van der Waals surface area contributed by atoms with Crippen molar-refractivity contribution in [2.45, 2.75) is 183 Å². The fraction of sp³-hybridized carbons (Fsp3) is 0.556. The maximum Gasteiger partial charge on any atom is 0.326 e. The third kappa shape index (κ3) is 23.8. The zero-order valence-electron chi connectivity index (χ0n) is 58.8. The lowest BCUT2D eigenvalue weighted by Gasteiger charge is -2.56. The molecule has 32 heteroatoms. The van der Waals surface area contributed by atoms with Crippen molar-refractivity contribution in [2.75, 3.05) is 45.9 Å². The van der Waals surface area contributed by atoms with Gasteiger partial charge in [0.1, 0.15) is 54.4 Å². The van der Waals surface area contributed by atoms with Crippen LogP contribution in [0.2, 0.25) is 0 Å². The number of hydrogen-bond donors (Lipinski definition) is 16. The molecule has 9 atom stereocenters. The second kappa shape index (κ2) is 38.8. The number of aliphatic carboxylic acids is 1. The average molecular weight is 1440 g/mol. The van der Waals surface area contributed by atoms with Crippen LogP contribution in [0.1, 0.15) is 126 Å². The van der Waals surface area contributed by atoms with E-state index >= 15 is 0 Å². The van der Waals surface area contributed by atoms with E-state index in [1.807, 2.05) is 0 Å². The van der Waals surface area contributed by atoms with Gasteiger partial charge in [0.25, 0.3) is 0 Å². The van der Waals surface area contributed by atoms with Crippen molar-refractivity contribution in [1.82, 2.24) is 52.3 Å². The molecule has 0 aromatic heterocycles. The minimum Gasteiger partial charge on any atom is -0.480 e. The van der Waals surface area contributed by atoms with Crippen molar-refractivity contribution in [3.05, 3.63) is 108 Å². The van der Waals surface area contributed by atoms with E-state index in [1.54, 1.807) is 91.0 Å². The van der Waals surface area contributed by atoms with E-state index < -0.39 is 127 Å². The van der Waals surface area contributed by atoms with Crippen molar-refractivity contribution in [3.8, 4) is 0 Å². The van der Waals surface area contributed by atoms with Crippen LogP contribution in [-0.2, 0) is 72.0 Å². The summed E-state index contributed by atoms with van der Waals surface area (Å²) in [5.41, 5.74) is 34.9. The van der Waals surface area contributed by atoms with Gasteiger partial charge in [-0.25, -0.2) is 4.79 Å². The number of aliphatic hydroxyl groups excluding tert-OH is 1. The Morgan fingerprint density at radius 2 is 0.837 bits per heavy atom. The van der Waals surface area contributed by atoms with Crippen LogP contribution in [0.4, 0.5) is 0 Å². The number of nitrogens with two attached hydrogens (primary N) is 6. The van der Waals surface area contributed by atoms with Gasteiger partial charge < -0.3 is 96.9 Å². The number of aliphatic imine (C=N–C) groups is 3. The molecule has 564 valence electrons. The molecule has 104 heavy (non-hydrogen) atoms. The summed E-state index contributed by atoms with van der Waals surface area (Å²) in [6.07, 6.45) is 8.66. The maximum absolute atomic E-state index is 14.9. The number of aliphatic hydroxyl groups is 1. The van der Waals surface area contributed by atoms with E-state index in [2.05, 4.69) is 57.5 Å². The van der Waals surface area contributed by atoms with E-state index in [4.69, 9.17) is 34.4 Å². The Morgan fingerprint density at radius 1 is 0.462 bits per heavy atom. The Labute approximate surface area is 604 Å². The molecule has 6 fully saturated rings. The molecule has 2 saturated heterocycles. The molecule has 4 aliphatic carbocycles. The molecule has 0 spiro atoms. The SMILES string of the molecule is NC(N)=NCCC[C@H](NC(=O)[C@H](Cc1ccccc1)NC(=O)[C@@H](Cc1ccccc1)NC(=O)[C@H](CO)NC(=O)[C@H](Cc1ccccc1)NC(=O)CNC(=O)[C@@H]1CCCN1C(=O)[C@@H]1CCCN1C(=O)[C@H](CCCN=C(N)N)NC(=O)[C@@H](CCCN=C(N)N)NC(=O)CC12CC3CC(CC(C3)C1)C2)C(=O)O. The van der Waals surface area contributed by atoms with Gasteiger partial charge >= 0.3 is 5.97 Å². The number of benzene rings is 3. The Kier molecular flexibility index (Phi) is 29.5. The van der Waals surface area contributed by atoms with E-state index in [9.17, 15) is 63.0 Å². The maximum atomic E-state index is 14.9. The normalized spacial score (nSPS) is 21.2. The van der Waals surface area contributed by atoms with Crippen LogP contribution in [0.25, 0.3) is 0 Å². The summed E-state index contributed by atoms with van der Waals surface area (Å²) in [6.45, 7) is -0.975. The highest BCUT2D eigenvalue weighted by Gasteiger charge is 2.52. The smallest absolute Gasteiger partial charge is 0.326 e. The highest BCUT2D eigenvalue weighted by Crippen LogP contribution is 2.61. The molecule has 9 rings (SSSR count). The van der Waals surface area contributed by atoms with Gasteiger partial charge in [0.15, 0.2) is 17.9 Å². The summed E-state index contributed by atoms with van der Waals surface area (Å²) < 4.78 is 0. The second-order valence-corrected chi connectivity index (χ2v) is 28.2. The van der Waals surface area contributed by atoms with Crippen LogP contribution in [0.15, 0.2) is 106 Å². The molecule has 22 N–H and O–H groups in total. The molecule has 3 aromatic carbocycles. The molecule has 6 aliphatic rings. The summed E-state index contributed by atoms with van der Waals surface area (Å²) in [5, 5.41) is 42.2. The summed E-state index contributed by atoms with van der Waals surface area (Å²) in [6, 6.07) is 13.9. The number of hydrogen-bond acceptors (Lipinski definition) is 15. The number of rotatable bonds is 39. The minimum absolute atomic E-state index is 0.0621. The zero-order chi connectivity index (χ0) is 74.9. The van der Waals surface area contributed by atoms with Gasteiger partial charge in [0.05, 0.1) is 13.2 Å². The molecule has 4 saturated carbocycles. The van der Waals surface area contributed by atoms with Crippen molar-refractivity contribution < 1.29 is 63.0 Å². The summed E-state index contributed by atoms with van der Waals surface area (Å²) in [4.78, 5) is 171. The highest BCUT2D eigenvalue weighted by molar-refractivity contribution is 5.99. The number of amides is 10. The molecule has 10 amide bonds. The second-order valence-electron chi connectivity index (χ2n) is 28.2. The highest BCUT2D eigenvalue weighted by atomic mass is 16.4. The predicted molar refractivity (Wildman–Crippen MR) is 386 cm³/mol. The van der Waals surface area contributed by atoms with Gasteiger partial charge in [-0.05, 0) is 143 Å². The van der Waals surface area contributed by atoms with Crippen LogP contribution in [0, 0.1) is 23.2 Å². The molecule has 32 nitrogen and oxygen atoms in total. The third-order valence-corrected chi connectivity index (χ3v) is 20.1. The van der Waals surface area contributed by atoms with E-state index in [0.717, 1.165) is 19.3 Å². The molecular formula is C72H103N19O13. The first-order valence-corrected chi connectivity index (χ1v) is 36.0. The van der Waals surface area contributed by atoms with Crippen LogP contribution < -0.4 is 76.9 Å². The first kappa shape index (κ1) is 79.3. The molecular weight excluding hydrogens is 1340 g/mol. The molecule has 0 unspecified atom stereocenters. The fourth-order valence-electron chi connectivity index (χ4n) is 15.6. The number of nitrogens with zero attached hydrogens (tertiary/aromatic N) is 5. The minimum atomic E-state index is -1.73. The van der Waals surface area contributed by atoms with E-state index in [-0.39, 0.29) is 126 Å². The van der Waals surface area contributed by atoms with E-state index in [1.165, 1.54) is 29.1 Å². The van der Waals surface area contributed by atoms with E-state index in [0.29, 0.717) is 60.1 Å². The van der Waals surface area contributed by atoms with Crippen LogP contribution >= 0.6 is 0 Å². The molecule has 2 aliphatic heterocycles. The molecule has 2 heterocycles. The third-order valence-electron chi connectivity index (χ3n) is 20.1. The van der Waals surface area contributed by atoms with Crippen molar-refractivity contribution in [1.29, 1.82) is 0 Å². The van der Waals surface area contributed by atoms with Crippen LogP contribution in [-0.4, -0.2) is 203 Å². The number of carbonyl (C=O) groups is 11. The van der Waals surface area contributed by atoms with Crippen molar-refractivity contribution >= 4 is 82.9 Å². The van der Waals surface area contributed by atoms with Gasteiger partial charge in [0.2, 0.25) is 59.1 Å². The first-order chi connectivity index (χ1) is 49.9. The molecule has 0 radical (unpaired) electrons. The van der Waals surface area contributed by atoms with Crippen LogP contribution in [0.5, 0.6) is 0 Å². The topological polar surface area (TPSA) is 524 Å². The quantitative estimate of drug-likeness (QED) is 0.0168. The standard InChI is InChI=1S/C72H103N19O13/c73-69(74)79-26-10-21-49(83-58(93)40-72-37-46-31-47(38-72)33-48(32-46)39-72)60(95)85-50(22-11-27-80-70(75)76)66(101)91-30-14-25-57(91)67(102)90-29-13-24-56(90)65(100)82-41-59(94)84-52(34-43-15-4-1-5-16-43)61(96)89-55(42-92)64(99)88-54(36-45-19-8-3-9-20-45)63(98)87-53(35-44-17-6-2-7-18-44)62(97)86-51(68(103)104)23-12-28-81-71(77)78/h1-9,15-20,46-57,92H,10-14,21-42H2,(H,82,100)(H,83,93)(H,84,94)(H,85,95)(H,86,97)(H,87,98)(H,88,99)(H,89,96)(H,103,104)(H4,73,74,79)(H4,75,76,80)(H4,77,78,81)/t46?,47?,48?,49-,50+,51+,52+,53+,54-,55+,56+,57+,72?/m1/s1. The van der Waals surface area contributed by atoms with Gasteiger partial charge in [-0.1, -0.05) is 91.0 Å². The van der Waals surface area contributed by atoms with Gasteiger partial charge in [-0.15, -0.1) is 0 Å². The number of carboxylic acids is 1. The first-order valence-electron chi connectivity index (χ1n) is 36.0. The fourth-order valence-corrected chi connectivity index (χ4v) is 15.6. The summed E-state index contributed by atoms with van der Waals surface area (Å²) in [5.74, 6) is -7.16. The lowest BCUT2D eigenvalue weighted by Crippen LogP contribution is -2.60.